The van der Waals surface area contributed by atoms with Gasteiger partial charge in [0, 0.05) is 35.1 Å². The average molecular weight is 300 g/mol. The van der Waals surface area contributed by atoms with E-state index in [4.69, 9.17) is 9.47 Å². The number of aryl methyl sites for hydroxylation is 1. The molecule has 2 aromatic rings. The van der Waals surface area contributed by atoms with Crippen molar-refractivity contribution in [3.05, 3.63) is 42.2 Å². The van der Waals surface area contributed by atoms with Gasteiger partial charge >= 0.3 is 0 Å². The SMILES string of the molecule is COc1ccc(-c2cccnc2C)c(OCC(C)N(C)C)c1. The zero-order valence-electron chi connectivity index (χ0n) is 14.0. The zero-order chi connectivity index (χ0) is 16.1. The lowest BCUT2D eigenvalue weighted by Gasteiger charge is -2.21. The summed E-state index contributed by atoms with van der Waals surface area (Å²) in [5, 5.41) is 0. The number of hydrogen-bond donors (Lipinski definition) is 0. The third kappa shape index (κ3) is 3.77. The smallest absolute Gasteiger partial charge is 0.130 e. The molecule has 0 aliphatic heterocycles. The van der Waals surface area contributed by atoms with E-state index in [-0.39, 0.29) is 0 Å². The van der Waals surface area contributed by atoms with E-state index < -0.39 is 0 Å². The number of hydrogen-bond acceptors (Lipinski definition) is 4. The summed E-state index contributed by atoms with van der Waals surface area (Å²) in [5.74, 6) is 1.61. The third-order valence-corrected chi connectivity index (χ3v) is 3.85. The molecule has 0 bridgehead atoms. The number of nitrogens with zero attached hydrogens (tertiary/aromatic N) is 2. The highest BCUT2D eigenvalue weighted by Gasteiger charge is 2.13. The molecular formula is C18H24N2O2. The van der Waals surface area contributed by atoms with Gasteiger partial charge in [-0.2, -0.15) is 0 Å². The lowest BCUT2D eigenvalue weighted by atomic mass is 10.0. The second kappa shape index (κ2) is 7.27. The number of pyridine rings is 1. The Morgan fingerprint density at radius 2 is 1.95 bits per heavy atom. The highest BCUT2D eigenvalue weighted by Crippen LogP contribution is 2.34. The predicted molar refractivity (Wildman–Crippen MR) is 89.6 cm³/mol. The lowest BCUT2D eigenvalue weighted by Crippen LogP contribution is -2.30. The topological polar surface area (TPSA) is 34.6 Å². The molecule has 1 aromatic heterocycles. The van der Waals surface area contributed by atoms with Crippen molar-refractivity contribution in [2.24, 2.45) is 0 Å². The summed E-state index contributed by atoms with van der Waals surface area (Å²) in [4.78, 5) is 6.50. The molecule has 0 aliphatic carbocycles. The van der Waals surface area contributed by atoms with Gasteiger partial charge in [-0.1, -0.05) is 6.07 Å². The van der Waals surface area contributed by atoms with Crippen LogP contribution >= 0.6 is 0 Å². The summed E-state index contributed by atoms with van der Waals surface area (Å²) >= 11 is 0. The van der Waals surface area contributed by atoms with Gasteiger partial charge < -0.3 is 14.4 Å². The fourth-order valence-electron chi connectivity index (χ4n) is 2.10. The lowest BCUT2D eigenvalue weighted by molar-refractivity contribution is 0.198. The molecule has 2 rings (SSSR count). The molecule has 0 saturated carbocycles. The van der Waals surface area contributed by atoms with E-state index >= 15 is 0 Å². The highest BCUT2D eigenvalue weighted by molar-refractivity contribution is 5.73. The quantitative estimate of drug-likeness (QED) is 0.819. The second-order valence-electron chi connectivity index (χ2n) is 5.62. The minimum Gasteiger partial charge on any atom is -0.497 e. The fourth-order valence-corrected chi connectivity index (χ4v) is 2.10. The second-order valence-corrected chi connectivity index (χ2v) is 5.62. The normalized spacial score (nSPS) is 12.3. The average Bonchev–Trinajstić information content (AvgIpc) is 2.52. The number of ether oxygens (including phenoxy) is 2. The Balaban J connectivity index is 2.35. The summed E-state index contributed by atoms with van der Waals surface area (Å²) in [6.07, 6.45) is 1.80. The molecule has 0 aliphatic rings. The summed E-state index contributed by atoms with van der Waals surface area (Å²) in [6, 6.07) is 10.2. The van der Waals surface area contributed by atoms with Gasteiger partial charge in [-0.25, -0.2) is 0 Å². The summed E-state index contributed by atoms with van der Waals surface area (Å²) < 4.78 is 11.4. The highest BCUT2D eigenvalue weighted by atomic mass is 16.5. The van der Waals surface area contributed by atoms with E-state index in [0.717, 1.165) is 28.3 Å². The third-order valence-electron chi connectivity index (χ3n) is 3.85. The van der Waals surface area contributed by atoms with E-state index in [1.54, 1.807) is 13.3 Å². The molecule has 22 heavy (non-hydrogen) atoms. The van der Waals surface area contributed by atoms with Crippen LogP contribution in [0.1, 0.15) is 12.6 Å². The Morgan fingerprint density at radius 3 is 2.59 bits per heavy atom. The van der Waals surface area contributed by atoms with Gasteiger partial charge in [0.15, 0.2) is 0 Å². The Labute approximate surface area is 132 Å². The number of likely N-dealkylation sites (N-methyl/N-ethyl adjacent to an activating group) is 1. The van der Waals surface area contributed by atoms with Crippen molar-refractivity contribution in [3.63, 3.8) is 0 Å². The van der Waals surface area contributed by atoms with Crippen molar-refractivity contribution < 1.29 is 9.47 Å². The maximum absolute atomic E-state index is 6.06. The predicted octanol–water partition coefficient (Wildman–Crippen LogP) is 3.39. The Morgan fingerprint density at radius 1 is 1.18 bits per heavy atom. The molecule has 0 amide bonds. The fraction of sp³-hybridized carbons (Fsp3) is 0.389. The van der Waals surface area contributed by atoms with E-state index in [1.807, 2.05) is 45.3 Å². The maximum atomic E-state index is 6.06. The van der Waals surface area contributed by atoms with Crippen molar-refractivity contribution in [3.8, 4) is 22.6 Å². The van der Waals surface area contributed by atoms with Crippen LogP contribution < -0.4 is 9.47 Å². The van der Waals surface area contributed by atoms with Gasteiger partial charge in [0.2, 0.25) is 0 Å². The van der Waals surface area contributed by atoms with Gasteiger partial charge in [0.05, 0.1) is 7.11 Å². The molecular weight excluding hydrogens is 276 g/mol. The molecule has 0 radical (unpaired) electrons. The Hall–Kier alpha value is -2.07. The van der Waals surface area contributed by atoms with Crippen LogP contribution in [0, 0.1) is 6.92 Å². The molecule has 4 heteroatoms. The largest absolute Gasteiger partial charge is 0.497 e. The molecule has 1 unspecified atom stereocenters. The first-order valence-corrected chi connectivity index (χ1v) is 7.42. The van der Waals surface area contributed by atoms with Crippen molar-refractivity contribution in [1.29, 1.82) is 0 Å². The van der Waals surface area contributed by atoms with E-state index in [0.29, 0.717) is 12.6 Å². The van der Waals surface area contributed by atoms with Crippen molar-refractivity contribution in [2.75, 3.05) is 27.8 Å². The van der Waals surface area contributed by atoms with Crippen molar-refractivity contribution in [2.45, 2.75) is 19.9 Å². The van der Waals surface area contributed by atoms with Crippen LogP contribution in [0.3, 0.4) is 0 Å². The van der Waals surface area contributed by atoms with Crippen LogP contribution in [0.2, 0.25) is 0 Å². The van der Waals surface area contributed by atoms with Crippen LogP contribution in [-0.2, 0) is 0 Å². The minimum atomic E-state index is 0.328. The van der Waals surface area contributed by atoms with Crippen molar-refractivity contribution in [1.82, 2.24) is 9.88 Å². The Bertz CT molecular complexity index is 626. The van der Waals surface area contributed by atoms with Crippen LogP contribution in [0.25, 0.3) is 11.1 Å². The van der Waals surface area contributed by atoms with Crippen LogP contribution in [0.15, 0.2) is 36.5 Å². The molecule has 0 N–H and O–H groups in total. The Kier molecular flexibility index (Phi) is 5.39. The minimum absolute atomic E-state index is 0.328. The standard InChI is InChI=1S/C18H24N2O2/c1-13(20(3)4)12-22-18-11-15(21-5)8-9-17(18)16-7-6-10-19-14(16)2/h6-11,13H,12H2,1-5H3. The van der Waals surface area contributed by atoms with Crippen molar-refractivity contribution >= 4 is 0 Å². The molecule has 0 saturated heterocycles. The molecule has 1 heterocycles. The van der Waals surface area contributed by atoms with Gasteiger partial charge in [0.1, 0.15) is 18.1 Å². The maximum Gasteiger partial charge on any atom is 0.130 e. The van der Waals surface area contributed by atoms with Crippen LogP contribution in [0.5, 0.6) is 11.5 Å². The van der Waals surface area contributed by atoms with Gasteiger partial charge in [0.25, 0.3) is 0 Å². The van der Waals surface area contributed by atoms with E-state index in [9.17, 15) is 0 Å². The van der Waals surface area contributed by atoms with Gasteiger partial charge in [-0.3, -0.25) is 4.98 Å². The van der Waals surface area contributed by atoms with E-state index in [1.165, 1.54) is 0 Å². The van der Waals surface area contributed by atoms with E-state index in [2.05, 4.69) is 22.9 Å². The van der Waals surface area contributed by atoms with Gasteiger partial charge in [-0.05, 0) is 46.1 Å². The molecule has 1 aromatic carbocycles. The molecule has 0 fully saturated rings. The first-order valence-electron chi connectivity index (χ1n) is 7.42. The number of benzene rings is 1. The number of aromatic nitrogens is 1. The monoisotopic (exact) mass is 300 g/mol. The molecule has 118 valence electrons. The number of rotatable bonds is 6. The molecule has 1 atom stereocenters. The first-order chi connectivity index (χ1) is 10.5. The zero-order valence-corrected chi connectivity index (χ0v) is 14.0. The van der Waals surface area contributed by atoms with Gasteiger partial charge in [-0.15, -0.1) is 0 Å². The molecule has 0 spiro atoms. The molecule has 4 nitrogen and oxygen atoms in total. The number of methoxy groups -OCH3 is 1. The summed E-state index contributed by atoms with van der Waals surface area (Å²) in [5.41, 5.74) is 3.10. The summed E-state index contributed by atoms with van der Waals surface area (Å²) in [6.45, 7) is 4.76. The van der Waals surface area contributed by atoms with Crippen LogP contribution in [-0.4, -0.2) is 43.7 Å². The van der Waals surface area contributed by atoms with Crippen LogP contribution in [0.4, 0.5) is 0 Å². The first kappa shape index (κ1) is 16.3. The summed E-state index contributed by atoms with van der Waals surface area (Å²) in [7, 11) is 5.76.